The smallest absolute Gasteiger partial charge is 0.0597 e. The van der Waals surface area contributed by atoms with Gasteiger partial charge in [0.05, 0.1) is 11.4 Å². The first kappa shape index (κ1) is 16.5. The molecule has 0 amide bonds. The Hall–Kier alpha value is -0.870. The molecule has 1 N–H and O–H groups in total. The van der Waals surface area contributed by atoms with Crippen molar-refractivity contribution in [3.8, 4) is 0 Å². The maximum Gasteiger partial charge on any atom is 0.0597 e. The van der Waals surface area contributed by atoms with Crippen LogP contribution in [0.5, 0.6) is 0 Å². The summed E-state index contributed by atoms with van der Waals surface area (Å²) >= 11 is 0. The van der Waals surface area contributed by atoms with Gasteiger partial charge < -0.3 is 5.32 Å². The lowest BCUT2D eigenvalue weighted by Crippen LogP contribution is -2.49. The fraction of sp³-hybridized carbons (Fsp3) is 0.824. The molecule has 2 heterocycles. The molecule has 1 aromatic heterocycles. The second-order valence-electron chi connectivity index (χ2n) is 7.34. The molecule has 1 aliphatic rings. The Kier molecular flexibility index (Phi) is 5.44. The van der Waals surface area contributed by atoms with Gasteiger partial charge in [-0.1, -0.05) is 6.42 Å². The lowest BCUT2D eigenvalue weighted by Gasteiger charge is -2.37. The molecule has 0 bridgehead atoms. The summed E-state index contributed by atoms with van der Waals surface area (Å²) in [5.41, 5.74) is 2.69. The van der Waals surface area contributed by atoms with Crippen LogP contribution in [0.1, 0.15) is 58.3 Å². The third-order valence-corrected chi connectivity index (χ3v) is 4.27. The van der Waals surface area contributed by atoms with Crippen LogP contribution in [0.25, 0.3) is 0 Å². The van der Waals surface area contributed by atoms with Crippen molar-refractivity contribution >= 4 is 0 Å². The van der Waals surface area contributed by atoms with E-state index in [0.29, 0.717) is 6.04 Å². The van der Waals surface area contributed by atoms with Crippen LogP contribution in [0.3, 0.4) is 0 Å². The molecule has 2 rings (SSSR count). The normalized spacial score (nSPS) is 20.9. The lowest BCUT2D eigenvalue weighted by atomic mass is 10.00. The number of likely N-dealkylation sites (tertiary alicyclic amines) is 1. The summed E-state index contributed by atoms with van der Waals surface area (Å²) in [6, 6.07) is 2.89. The fourth-order valence-electron chi connectivity index (χ4n) is 3.13. The molecular formula is C17H32N4. The third-order valence-electron chi connectivity index (χ3n) is 4.27. The molecule has 1 saturated heterocycles. The van der Waals surface area contributed by atoms with Gasteiger partial charge in [0.15, 0.2) is 0 Å². The van der Waals surface area contributed by atoms with Gasteiger partial charge in [-0.05, 0) is 60.1 Å². The van der Waals surface area contributed by atoms with Crippen LogP contribution in [0.15, 0.2) is 6.07 Å². The van der Waals surface area contributed by atoms with E-state index in [1.807, 2.05) is 0 Å². The van der Waals surface area contributed by atoms with Crippen molar-refractivity contribution < 1.29 is 0 Å². The van der Waals surface area contributed by atoms with Gasteiger partial charge >= 0.3 is 0 Å². The zero-order valence-corrected chi connectivity index (χ0v) is 14.4. The molecule has 1 atom stereocenters. The molecule has 21 heavy (non-hydrogen) atoms. The summed E-state index contributed by atoms with van der Waals surface area (Å²) in [6.45, 7) is 15.3. The van der Waals surface area contributed by atoms with E-state index < -0.39 is 0 Å². The Bertz CT molecular complexity index is 444. The van der Waals surface area contributed by atoms with Gasteiger partial charge in [-0.25, -0.2) is 0 Å². The van der Waals surface area contributed by atoms with Gasteiger partial charge in [0.25, 0.3) is 0 Å². The highest BCUT2D eigenvalue weighted by Crippen LogP contribution is 2.20. The quantitative estimate of drug-likeness (QED) is 0.906. The molecule has 120 valence electrons. The van der Waals surface area contributed by atoms with Gasteiger partial charge in [-0.15, -0.1) is 0 Å². The monoisotopic (exact) mass is 292 g/mol. The van der Waals surface area contributed by atoms with E-state index in [0.717, 1.165) is 25.3 Å². The molecule has 0 spiro atoms. The second-order valence-corrected chi connectivity index (χ2v) is 7.34. The minimum Gasteiger partial charge on any atom is -0.311 e. The van der Waals surface area contributed by atoms with Gasteiger partial charge in [-0.2, -0.15) is 5.10 Å². The Morgan fingerprint density at radius 2 is 2.10 bits per heavy atom. The zero-order valence-electron chi connectivity index (χ0n) is 14.4. The Balaban J connectivity index is 2.01. The number of aryl methyl sites for hydroxylation is 2. The molecule has 0 saturated carbocycles. The third kappa shape index (κ3) is 4.82. The molecule has 0 radical (unpaired) electrons. The first-order valence-electron chi connectivity index (χ1n) is 8.41. The number of hydrogen-bond acceptors (Lipinski definition) is 3. The summed E-state index contributed by atoms with van der Waals surface area (Å²) in [5.74, 6) is 0. The highest BCUT2D eigenvalue weighted by molar-refractivity contribution is 5.09. The number of rotatable bonds is 5. The first-order valence-corrected chi connectivity index (χ1v) is 8.41. The predicted molar refractivity (Wildman–Crippen MR) is 88.4 cm³/mol. The van der Waals surface area contributed by atoms with E-state index in [1.165, 1.54) is 31.5 Å². The molecular weight excluding hydrogens is 260 g/mol. The van der Waals surface area contributed by atoms with Gasteiger partial charge in [0.2, 0.25) is 0 Å². The summed E-state index contributed by atoms with van der Waals surface area (Å²) < 4.78 is 2.15. The molecule has 1 unspecified atom stereocenters. The number of piperidine rings is 1. The van der Waals surface area contributed by atoms with Crippen LogP contribution < -0.4 is 5.32 Å². The van der Waals surface area contributed by atoms with Gasteiger partial charge in [-0.3, -0.25) is 9.58 Å². The lowest BCUT2D eigenvalue weighted by molar-refractivity contribution is 0.127. The predicted octanol–water partition coefficient (Wildman–Crippen LogP) is 2.95. The van der Waals surface area contributed by atoms with E-state index in [9.17, 15) is 0 Å². The molecule has 0 aliphatic carbocycles. The van der Waals surface area contributed by atoms with Crippen molar-refractivity contribution in [1.29, 1.82) is 0 Å². The second kappa shape index (κ2) is 6.93. The molecule has 4 nitrogen and oxygen atoms in total. The van der Waals surface area contributed by atoms with Crippen LogP contribution in [-0.2, 0) is 13.1 Å². The molecule has 1 fully saturated rings. The SMILES string of the molecule is CCn1nc(C)cc1CN1CCCCC1CNC(C)(C)C. The minimum absolute atomic E-state index is 0.199. The standard InChI is InChI=1S/C17H32N4/c1-6-21-16(11-14(2)19-21)13-20-10-8-7-9-15(20)12-18-17(3,4)5/h11,15,18H,6-10,12-13H2,1-5H3. The van der Waals surface area contributed by atoms with Crippen molar-refractivity contribution in [3.63, 3.8) is 0 Å². The maximum atomic E-state index is 4.58. The van der Waals surface area contributed by atoms with Crippen LogP contribution in [0.2, 0.25) is 0 Å². The van der Waals surface area contributed by atoms with Crippen molar-refractivity contribution in [3.05, 3.63) is 17.5 Å². The van der Waals surface area contributed by atoms with Crippen LogP contribution in [0, 0.1) is 6.92 Å². The Labute approximate surface area is 129 Å². The van der Waals surface area contributed by atoms with Crippen LogP contribution in [-0.4, -0.2) is 39.4 Å². The Morgan fingerprint density at radius 1 is 1.33 bits per heavy atom. The van der Waals surface area contributed by atoms with Gasteiger partial charge in [0.1, 0.15) is 0 Å². The molecule has 1 aromatic rings. The average Bonchev–Trinajstić information content (AvgIpc) is 2.77. The van der Waals surface area contributed by atoms with Gasteiger partial charge in [0, 0.05) is 31.2 Å². The van der Waals surface area contributed by atoms with E-state index >= 15 is 0 Å². The highest BCUT2D eigenvalue weighted by atomic mass is 15.3. The summed E-state index contributed by atoms with van der Waals surface area (Å²) in [6.07, 6.45) is 3.99. The van der Waals surface area contributed by atoms with E-state index in [2.05, 4.69) is 60.7 Å². The Morgan fingerprint density at radius 3 is 2.76 bits per heavy atom. The number of aromatic nitrogens is 2. The van der Waals surface area contributed by atoms with E-state index in [-0.39, 0.29) is 5.54 Å². The summed E-state index contributed by atoms with van der Waals surface area (Å²) in [4.78, 5) is 2.64. The zero-order chi connectivity index (χ0) is 15.5. The van der Waals surface area contributed by atoms with Crippen LogP contribution in [0.4, 0.5) is 0 Å². The largest absolute Gasteiger partial charge is 0.311 e. The fourth-order valence-corrected chi connectivity index (χ4v) is 3.13. The summed E-state index contributed by atoms with van der Waals surface area (Å²) in [5, 5.41) is 8.26. The summed E-state index contributed by atoms with van der Waals surface area (Å²) in [7, 11) is 0. The van der Waals surface area contributed by atoms with Crippen molar-refractivity contribution in [2.75, 3.05) is 13.1 Å². The van der Waals surface area contributed by atoms with Crippen molar-refractivity contribution in [1.82, 2.24) is 20.0 Å². The topological polar surface area (TPSA) is 33.1 Å². The minimum atomic E-state index is 0.199. The van der Waals surface area contributed by atoms with E-state index in [1.54, 1.807) is 0 Å². The number of nitrogens with one attached hydrogen (secondary N) is 1. The van der Waals surface area contributed by atoms with Crippen LogP contribution >= 0.6 is 0 Å². The van der Waals surface area contributed by atoms with E-state index in [4.69, 9.17) is 0 Å². The molecule has 0 aromatic carbocycles. The maximum absolute atomic E-state index is 4.58. The number of hydrogen-bond donors (Lipinski definition) is 1. The molecule has 1 aliphatic heterocycles. The van der Waals surface area contributed by atoms with Crippen molar-refractivity contribution in [2.24, 2.45) is 0 Å². The average molecular weight is 292 g/mol. The number of nitrogens with zero attached hydrogens (tertiary/aromatic N) is 3. The van der Waals surface area contributed by atoms with Crippen molar-refractivity contribution in [2.45, 2.75) is 78.6 Å². The highest BCUT2D eigenvalue weighted by Gasteiger charge is 2.24. The molecule has 4 heteroatoms. The first-order chi connectivity index (χ1) is 9.89.